The summed E-state index contributed by atoms with van der Waals surface area (Å²) in [7, 11) is 0. The lowest BCUT2D eigenvalue weighted by Crippen LogP contribution is -2.47. The second-order valence-corrected chi connectivity index (χ2v) is 7.89. The minimum Gasteiger partial charge on any atom is -0.357 e. The first-order valence-electron chi connectivity index (χ1n) is 10.9. The molecule has 2 fully saturated rings. The third-order valence-corrected chi connectivity index (χ3v) is 5.56. The molecule has 2 saturated heterocycles. The lowest BCUT2D eigenvalue weighted by Gasteiger charge is -2.35. The minimum atomic E-state index is 0. The first-order valence-corrected chi connectivity index (χ1v) is 10.9. The number of nitrogens with zero attached hydrogens (tertiary/aromatic N) is 4. The average molecular weight is 495 g/mol. The summed E-state index contributed by atoms with van der Waals surface area (Å²) in [4.78, 5) is 12.5. The van der Waals surface area contributed by atoms with E-state index in [9.17, 15) is 0 Å². The number of halogens is 1. The highest BCUT2D eigenvalue weighted by Gasteiger charge is 2.17. The molecule has 1 atom stereocenters. The van der Waals surface area contributed by atoms with Crippen LogP contribution in [0, 0.1) is 5.92 Å². The molecule has 2 N–H and O–H groups in total. The van der Waals surface area contributed by atoms with Crippen molar-refractivity contribution in [1.82, 2.24) is 25.3 Å². The third-order valence-electron chi connectivity index (χ3n) is 5.56. The summed E-state index contributed by atoms with van der Waals surface area (Å²) in [5.74, 6) is 1.58. The van der Waals surface area contributed by atoms with E-state index >= 15 is 0 Å². The molecule has 0 radical (unpaired) electrons. The molecule has 0 aromatic carbocycles. The van der Waals surface area contributed by atoms with E-state index in [4.69, 9.17) is 4.99 Å². The molecule has 27 heavy (non-hydrogen) atoms. The highest BCUT2D eigenvalue weighted by Crippen LogP contribution is 2.07. The molecule has 2 rings (SSSR count). The van der Waals surface area contributed by atoms with Gasteiger partial charge in [-0.05, 0) is 45.3 Å². The smallest absolute Gasteiger partial charge is 0.191 e. The Morgan fingerprint density at radius 3 is 2.19 bits per heavy atom. The lowest BCUT2D eigenvalue weighted by molar-refractivity contribution is 0.125. The summed E-state index contributed by atoms with van der Waals surface area (Å²) in [5.41, 5.74) is 0. The van der Waals surface area contributed by atoms with Gasteiger partial charge in [-0.25, -0.2) is 0 Å². The Morgan fingerprint density at radius 2 is 1.56 bits per heavy atom. The highest BCUT2D eigenvalue weighted by atomic mass is 127. The zero-order valence-corrected chi connectivity index (χ0v) is 20.2. The molecule has 2 aliphatic heterocycles. The van der Waals surface area contributed by atoms with Crippen LogP contribution in [0.4, 0.5) is 0 Å². The third kappa shape index (κ3) is 10.3. The first kappa shape index (κ1) is 24.9. The van der Waals surface area contributed by atoms with Crippen molar-refractivity contribution in [3.63, 3.8) is 0 Å². The van der Waals surface area contributed by atoms with Gasteiger partial charge in [-0.1, -0.05) is 20.3 Å². The van der Waals surface area contributed by atoms with Gasteiger partial charge in [-0.3, -0.25) is 4.99 Å². The number of hydrogen-bond donors (Lipinski definition) is 2. The number of piperidine rings is 1. The molecule has 0 aromatic rings. The maximum atomic E-state index is 4.83. The number of likely N-dealkylation sites (N-methyl/N-ethyl adjacent to an activating group) is 1. The zero-order chi connectivity index (χ0) is 18.6. The second kappa shape index (κ2) is 14.8. The second-order valence-electron chi connectivity index (χ2n) is 7.89. The largest absolute Gasteiger partial charge is 0.357 e. The Morgan fingerprint density at radius 1 is 0.889 bits per heavy atom. The van der Waals surface area contributed by atoms with Crippen LogP contribution in [0.2, 0.25) is 0 Å². The van der Waals surface area contributed by atoms with Crippen molar-refractivity contribution in [1.29, 1.82) is 0 Å². The van der Waals surface area contributed by atoms with Crippen molar-refractivity contribution in [3.05, 3.63) is 0 Å². The predicted octanol–water partition coefficient (Wildman–Crippen LogP) is 1.92. The molecule has 6 nitrogen and oxygen atoms in total. The van der Waals surface area contributed by atoms with E-state index in [1.807, 2.05) is 0 Å². The topological polar surface area (TPSA) is 46.1 Å². The van der Waals surface area contributed by atoms with Crippen LogP contribution < -0.4 is 10.6 Å². The van der Waals surface area contributed by atoms with Crippen LogP contribution in [-0.4, -0.2) is 99.2 Å². The Bertz CT molecular complexity index is 392. The first-order chi connectivity index (χ1) is 12.7. The Hall–Kier alpha value is -0.120. The van der Waals surface area contributed by atoms with Gasteiger partial charge in [0, 0.05) is 58.9 Å². The Labute approximate surface area is 184 Å². The van der Waals surface area contributed by atoms with Gasteiger partial charge in [-0.2, -0.15) is 0 Å². The van der Waals surface area contributed by atoms with Crippen molar-refractivity contribution in [2.75, 3.05) is 78.5 Å². The van der Waals surface area contributed by atoms with E-state index in [0.29, 0.717) is 5.92 Å². The Kier molecular flexibility index (Phi) is 13.7. The SMILES string of the molecule is CCNC(=NCC(C)CN1CCN(CC)CC1)NCCN1CCCCC1.I. The maximum Gasteiger partial charge on any atom is 0.191 e. The molecule has 0 amide bonds. The summed E-state index contributed by atoms with van der Waals surface area (Å²) >= 11 is 0. The van der Waals surface area contributed by atoms with E-state index < -0.39 is 0 Å². The highest BCUT2D eigenvalue weighted by molar-refractivity contribution is 14.0. The number of piperazine rings is 1. The van der Waals surface area contributed by atoms with Gasteiger partial charge in [0.25, 0.3) is 0 Å². The molecule has 0 bridgehead atoms. The van der Waals surface area contributed by atoms with Crippen molar-refractivity contribution in [3.8, 4) is 0 Å². The van der Waals surface area contributed by atoms with Crippen LogP contribution in [0.25, 0.3) is 0 Å². The van der Waals surface area contributed by atoms with Crippen molar-refractivity contribution < 1.29 is 0 Å². The summed E-state index contributed by atoms with van der Waals surface area (Å²) in [5, 5.41) is 6.91. The van der Waals surface area contributed by atoms with E-state index in [1.165, 1.54) is 65.1 Å². The van der Waals surface area contributed by atoms with Crippen molar-refractivity contribution in [2.45, 2.75) is 40.0 Å². The molecule has 7 heteroatoms. The molecule has 2 heterocycles. The minimum absolute atomic E-state index is 0. The lowest BCUT2D eigenvalue weighted by atomic mass is 10.1. The fourth-order valence-corrected chi connectivity index (χ4v) is 3.89. The van der Waals surface area contributed by atoms with Gasteiger partial charge in [0.1, 0.15) is 0 Å². The van der Waals surface area contributed by atoms with Gasteiger partial charge >= 0.3 is 0 Å². The Balaban J connectivity index is 0.00000364. The number of aliphatic imine (C=N–C) groups is 1. The molecule has 1 unspecified atom stereocenters. The van der Waals surface area contributed by atoms with Crippen LogP contribution in [0.15, 0.2) is 4.99 Å². The molecule has 0 spiro atoms. The molecule has 160 valence electrons. The molecule has 0 aromatic heterocycles. The van der Waals surface area contributed by atoms with Crippen LogP contribution in [0.1, 0.15) is 40.0 Å². The quantitative estimate of drug-likeness (QED) is 0.292. The van der Waals surface area contributed by atoms with Crippen LogP contribution in [0.3, 0.4) is 0 Å². The summed E-state index contributed by atoms with van der Waals surface area (Å²) < 4.78 is 0. The van der Waals surface area contributed by atoms with Gasteiger partial charge in [0.2, 0.25) is 0 Å². The van der Waals surface area contributed by atoms with Gasteiger partial charge in [0.15, 0.2) is 5.96 Å². The predicted molar refractivity (Wildman–Crippen MR) is 127 cm³/mol. The fraction of sp³-hybridized carbons (Fsp3) is 0.950. The van der Waals surface area contributed by atoms with Crippen LogP contribution >= 0.6 is 24.0 Å². The van der Waals surface area contributed by atoms with Crippen LogP contribution in [0.5, 0.6) is 0 Å². The van der Waals surface area contributed by atoms with E-state index in [-0.39, 0.29) is 24.0 Å². The number of nitrogens with one attached hydrogen (secondary N) is 2. The fourth-order valence-electron chi connectivity index (χ4n) is 3.89. The standard InChI is InChI=1S/C20H42N6.HI/c1-4-21-20(22-9-12-25-10-7-6-8-11-25)23-17-19(3)18-26-15-13-24(5-2)14-16-26;/h19H,4-18H2,1-3H3,(H2,21,22,23);1H. The summed E-state index contributed by atoms with van der Waals surface area (Å²) in [6, 6.07) is 0. The molecule has 0 saturated carbocycles. The van der Waals surface area contributed by atoms with Gasteiger partial charge in [0.05, 0.1) is 0 Å². The summed E-state index contributed by atoms with van der Waals surface area (Å²) in [6.07, 6.45) is 4.12. The van der Waals surface area contributed by atoms with Crippen LogP contribution in [-0.2, 0) is 0 Å². The molecule has 0 aliphatic carbocycles. The van der Waals surface area contributed by atoms with E-state index in [2.05, 4.69) is 46.1 Å². The van der Waals surface area contributed by atoms with E-state index in [1.54, 1.807) is 0 Å². The molecule has 2 aliphatic rings. The number of rotatable bonds is 9. The zero-order valence-electron chi connectivity index (χ0n) is 17.9. The molecular formula is C20H43IN6. The van der Waals surface area contributed by atoms with E-state index in [0.717, 1.165) is 38.7 Å². The van der Waals surface area contributed by atoms with Crippen molar-refractivity contribution >= 4 is 29.9 Å². The van der Waals surface area contributed by atoms with Gasteiger partial charge < -0.3 is 25.3 Å². The number of likely N-dealkylation sites (tertiary alicyclic amines) is 1. The average Bonchev–Trinajstić information content (AvgIpc) is 2.67. The maximum absolute atomic E-state index is 4.83. The summed E-state index contributed by atoms with van der Waals surface area (Å²) in [6.45, 7) is 20.4. The number of guanidine groups is 1. The number of hydrogen-bond acceptors (Lipinski definition) is 4. The van der Waals surface area contributed by atoms with Gasteiger partial charge in [-0.15, -0.1) is 24.0 Å². The monoisotopic (exact) mass is 494 g/mol. The molecular weight excluding hydrogens is 451 g/mol. The normalized spacial score (nSPS) is 21.5. The van der Waals surface area contributed by atoms with Crippen molar-refractivity contribution in [2.24, 2.45) is 10.9 Å².